The lowest BCUT2D eigenvalue weighted by molar-refractivity contribution is -0.143. The summed E-state index contributed by atoms with van der Waals surface area (Å²) in [6.07, 6.45) is 69.3. The van der Waals surface area contributed by atoms with E-state index in [1.807, 2.05) is 0 Å². The number of rotatable bonds is 58. The van der Waals surface area contributed by atoms with Crippen LogP contribution in [0.4, 0.5) is 0 Å². The highest BCUT2D eigenvalue weighted by molar-refractivity contribution is 5.76. The third-order valence-electron chi connectivity index (χ3n) is 14.6. The molecule has 68 heavy (non-hydrogen) atoms. The molecule has 0 aliphatic rings. The second-order valence-corrected chi connectivity index (χ2v) is 21.4. The van der Waals surface area contributed by atoms with Crippen LogP contribution in [-0.2, 0) is 14.3 Å². The van der Waals surface area contributed by atoms with Gasteiger partial charge in [-0.05, 0) is 51.4 Å². The average Bonchev–Trinajstić information content (AvgIpc) is 3.34. The molecule has 0 aromatic rings. The van der Waals surface area contributed by atoms with Crippen molar-refractivity contribution in [3.05, 3.63) is 12.2 Å². The number of nitrogens with one attached hydrogen (secondary N) is 1. The predicted octanol–water partition coefficient (Wildman–Crippen LogP) is 19.2. The molecule has 0 bridgehead atoms. The van der Waals surface area contributed by atoms with Crippen molar-refractivity contribution in [2.75, 3.05) is 13.2 Å². The summed E-state index contributed by atoms with van der Waals surface area (Å²) in [4.78, 5) is 24.5. The molecule has 0 aromatic heterocycles. The van der Waals surface area contributed by atoms with Gasteiger partial charge in [0.25, 0.3) is 0 Å². The Labute approximate surface area is 425 Å². The Morgan fingerprint density at radius 2 is 0.691 bits per heavy atom. The zero-order valence-electron chi connectivity index (χ0n) is 46.1. The Hall–Kier alpha value is -1.40. The minimum absolute atomic E-state index is 0.000154. The summed E-state index contributed by atoms with van der Waals surface area (Å²) >= 11 is 0. The Morgan fingerprint density at radius 3 is 1.04 bits per heavy atom. The van der Waals surface area contributed by atoms with E-state index in [0.717, 1.165) is 51.4 Å². The quantitative estimate of drug-likeness (QED) is 0.0321. The van der Waals surface area contributed by atoms with Crippen LogP contribution in [0.25, 0.3) is 0 Å². The molecule has 0 aliphatic heterocycles. The summed E-state index contributed by atoms with van der Waals surface area (Å²) in [6, 6.07) is -0.550. The molecule has 1 amide bonds. The van der Waals surface area contributed by atoms with Crippen molar-refractivity contribution < 1.29 is 24.5 Å². The number of esters is 1. The number of ether oxygens (including phenoxy) is 1. The number of unbranched alkanes of at least 4 members (excludes halogenated alkanes) is 45. The molecular weight excluding hydrogens is 839 g/mol. The zero-order chi connectivity index (χ0) is 49.3. The number of aliphatic hydroxyl groups excluding tert-OH is 2. The number of hydrogen-bond acceptors (Lipinski definition) is 5. The largest absolute Gasteiger partial charge is 0.466 e. The first-order valence-electron chi connectivity index (χ1n) is 30.9. The lowest BCUT2D eigenvalue weighted by Crippen LogP contribution is -2.45. The first-order valence-corrected chi connectivity index (χ1v) is 30.9. The number of allylic oxidation sites excluding steroid dienone is 2. The molecule has 2 atom stereocenters. The molecule has 0 aromatic carbocycles. The number of hydrogen-bond donors (Lipinski definition) is 3. The molecule has 0 saturated carbocycles. The molecule has 0 radical (unpaired) electrons. The van der Waals surface area contributed by atoms with E-state index in [0.29, 0.717) is 25.9 Å². The molecule has 0 spiro atoms. The van der Waals surface area contributed by atoms with Gasteiger partial charge in [0.1, 0.15) is 0 Å². The van der Waals surface area contributed by atoms with Crippen LogP contribution < -0.4 is 5.32 Å². The van der Waals surface area contributed by atoms with Crippen LogP contribution in [0.3, 0.4) is 0 Å². The lowest BCUT2D eigenvalue weighted by Gasteiger charge is -2.22. The van der Waals surface area contributed by atoms with Crippen LogP contribution in [0.1, 0.15) is 348 Å². The highest BCUT2D eigenvalue weighted by Crippen LogP contribution is 2.18. The van der Waals surface area contributed by atoms with Crippen LogP contribution in [0.2, 0.25) is 0 Å². The summed E-state index contributed by atoms with van der Waals surface area (Å²) < 4.78 is 5.46. The van der Waals surface area contributed by atoms with Gasteiger partial charge >= 0.3 is 5.97 Å². The van der Waals surface area contributed by atoms with Crippen molar-refractivity contribution in [3.63, 3.8) is 0 Å². The van der Waals surface area contributed by atoms with Gasteiger partial charge in [-0.3, -0.25) is 9.59 Å². The number of aliphatic hydroxyl groups is 2. The maximum atomic E-state index is 12.5. The van der Waals surface area contributed by atoms with Gasteiger partial charge in [0.05, 0.1) is 25.4 Å². The molecule has 0 fully saturated rings. The van der Waals surface area contributed by atoms with Crippen LogP contribution in [-0.4, -0.2) is 47.4 Å². The van der Waals surface area contributed by atoms with E-state index in [1.165, 1.54) is 263 Å². The normalized spacial score (nSPS) is 12.6. The predicted molar refractivity (Wildman–Crippen MR) is 297 cm³/mol. The first-order chi connectivity index (χ1) is 33.5. The maximum Gasteiger partial charge on any atom is 0.305 e. The summed E-state index contributed by atoms with van der Waals surface area (Å²) in [6.45, 7) is 4.96. The minimum atomic E-state index is -0.672. The summed E-state index contributed by atoms with van der Waals surface area (Å²) in [5.41, 5.74) is 0. The zero-order valence-corrected chi connectivity index (χ0v) is 46.1. The molecular formula is C62H121NO5. The van der Waals surface area contributed by atoms with Gasteiger partial charge < -0.3 is 20.3 Å². The fraction of sp³-hybridized carbons (Fsp3) is 0.935. The van der Waals surface area contributed by atoms with Gasteiger partial charge in [-0.2, -0.15) is 0 Å². The van der Waals surface area contributed by atoms with Crippen LogP contribution in [0, 0.1) is 0 Å². The maximum absolute atomic E-state index is 12.5. The van der Waals surface area contributed by atoms with E-state index in [1.54, 1.807) is 0 Å². The monoisotopic (exact) mass is 960 g/mol. The highest BCUT2D eigenvalue weighted by atomic mass is 16.5. The van der Waals surface area contributed by atoms with Crippen molar-refractivity contribution >= 4 is 11.9 Å². The second-order valence-electron chi connectivity index (χ2n) is 21.4. The minimum Gasteiger partial charge on any atom is -0.466 e. The fourth-order valence-electron chi connectivity index (χ4n) is 9.81. The van der Waals surface area contributed by atoms with E-state index in [-0.39, 0.29) is 18.5 Å². The van der Waals surface area contributed by atoms with Crippen LogP contribution >= 0.6 is 0 Å². The van der Waals surface area contributed by atoms with Crippen LogP contribution in [0.5, 0.6) is 0 Å². The third kappa shape index (κ3) is 53.9. The Morgan fingerprint density at radius 1 is 0.397 bits per heavy atom. The lowest BCUT2D eigenvalue weighted by atomic mass is 10.0. The first kappa shape index (κ1) is 66.6. The van der Waals surface area contributed by atoms with E-state index < -0.39 is 12.1 Å². The van der Waals surface area contributed by atoms with Gasteiger partial charge in [0.2, 0.25) is 5.91 Å². The SMILES string of the molecule is CCCCCCCCCCCCCCCCCCCCCCCCC(O)C(CO)NC(=O)CCCCCCCCC/C=C\CCCCCCCCOC(=O)CCCCCCCCCCCCCC. The molecule has 0 rings (SSSR count). The van der Waals surface area contributed by atoms with Gasteiger partial charge in [-0.1, -0.05) is 296 Å². The van der Waals surface area contributed by atoms with Gasteiger partial charge in [0, 0.05) is 12.8 Å². The molecule has 404 valence electrons. The number of carbonyl (C=O) groups is 2. The van der Waals surface area contributed by atoms with E-state index in [9.17, 15) is 19.8 Å². The van der Waals surface area contributed by atoms with E-state index in [4.69, 9.17) is 4.74 Å². The standard InChI is InChI=1S/C62H121NO5/c1-3-5-7-9-11-13-15-17-18-19-20-21-22-23-25-28-31-34-38-42-46-50-54-60(65)59(58-64)63-61(66)55-51-47-43-39-35-32-29-26-24-27-30-33-37-41-45-49-53-57-68-62(67)56-52-48-44-40-36-16-14-12-10-8-6-4-2/h24,27,59-60,64-65H,3-23,25-26,28-58H2,1-2H3,(H,63,66)/b27-24-. The van der Waals surface area contributed by atoms with Crippen molar-refractivity contribution in [1.82, 2.24) is 5.32 Å². The van der Waals surface area contributed by atoms with E-state index >= 15 is 0 Å². The number of carbonyl (C=O) groups excluding carboxylic acids is 2. The Kier molecular flexibility index (Phi) is 57.0. The van der Waals surface area contributed by atoms with Crippen molar-refractivity contribution in [3.8, 4) is 0 Å². The molecule has 6 nitrogen and oxygen atoms in total. The average molecular weight is 961 g/mol. The summed E-state index contributed by atoms with van der Waals surface area (Å²) in [7, 11) is 0. The molecule has 6 heteroatoms. The smallest absolute Gasteiger partial charge is 0.305 e. The Bertz CT molecular complexity index is 1020. The number of amides is 1. The molecule has 0 aliphatic carbocycles. The van der Waals surface area contributed by atoms with Crippen molar-refractivity contribution in [1.29, 1.82) is 0 Å². The van der Waals surface area contributed by atoms with Crippen LogP contribution in [0.15, 0.2) is 12.2 Å². The summed E-state index contributed by atoms with van der Waals surface area (Å²) in [5, 5.41) is 23.4. The van der Waals surface area contributed by atoms with Gasteiger partial charge in [-0.25, -0.2) is 0 Å². The fourth-order valence-corrected chi connectivity index (χ4v) is 9.81. The Balaban J connectivity index is 3.45. The highest BCUT2D eigenvalue weighted by Gasteiger charge is 2.20. The van der Waals surface area contributed by atoms with Gasteiger partial charge in [-0.15, -0.1) is 0 Å². The molecule has 0 saturated heterocycles. The summed E-state index contributed by atoms with van der Waals surface area (Å²) in [5.74, 6) is -0.0432. The van der Waals surface area contributed by atoms with Crippen molar-refractivity contribution in [2.24, 2.45) is 0 Å². The molecule has 0 heterocycles. The third-order valence-corrected chi connectivity index (χ3v) is 14.6. The second kappa shape index (κ2) is 58.2. The molecule has 3 N–H and O–H groups in total. The van der Waals surface area contributed by atoms with Crippen molar-refractivity contribution in [2.45, 2.75) is 360 Å². The van der Waals surface area contributed by atoms with E-state index in [2.05, 4.69) is 31.3 Å². The van der Waals surface area contributed by atoms with Gasteiger partial charge in [0.15, 0.2) is 0 Å². The topological polar surface area (TPSA) is 95.9 Å². The molecule has 2 unspecified atom stereocenters.